The van der Waals surface area contributed by atoms with E-state index in [0.717, 1.165) is 4.90 Å². The smallest absolute Gasteiger partial charge is 0.277 e. The molecule has 6 heteroatoms. The summed E-state index contributed by atoms with van der Waals surface area (Å²) in [6.07, 6.45) is 0. The molecule has 6 nitrogen and oxygen atoms in total. The van der Waals surface area contributed by atoms with Crippen molar-refractivity contribution < 1.29 is 14.4 Å². The van der Waals surface area contributed by atoms with Crippen LogP contribution >= 0.6 is 0 Å². The van der Waals surface area contributed by atoms with Crippen LogP contribution in [0, 0.1) is 16.7 Å². The molecule has 102 valence electrons. The van der Waals surface area contributed by atoms with Crippen molar-refractivity contribution in [1.29, 1.82) is 5.26 Å². The van der Waals surface area contributed by atoms with Gasteiger partial charge in [0, 0.05) is 0 Å². The zero-order valence-electron chi connectivity index (χ0n) is 11.1. The number of carbonyl (C=O) groups is 3. The average molecular weight is 271 g/mol. The van der Waals surface area contributed by atoms with Crippen molar-refractivity contribution >= 4 is 17.8 Å². The second kappa shape index (κ2) is 4.78. The molecule has 0 spiro atoms. The minimum atomic E-state index is -1.28. The molecule has 1 N–H and O–H groups in total. The number of imide groups is 2. The van der Waals surface area contributed by atoms with Gasteiger partial charge in [0.15, 0.2) is 0 Å². The Labute approximate surface area is 116 Å². The summed E-state index contributed by atoms with van der Waals surface area (Å²) in [7, 11) is 0. The number of benzene rings is 1. The van der Waals surface area contributed by atoms with E-state index < -0.39 is 23.3 Å². The lowest BCUT2D eigenvalue weighted by Gasteiger charge is -2.34. The first-order chi connectivity index (χ1) is 9.36. The summed E-state index contributed by atoms with van der Waals surface area (Å²) >= 11 is 0. The molecule has 20 heavy (non-hydrogen) atoms. The van der Waals surface area contributed by atoms with Gasteiger partial charge in [-0.2, -0.15) is 5.26 Å². The molecule has 1 aromatic carbocycles. The predicted molar refractivity (Wildman–Crippen MR) is 69.0 cm³/mol. The minimum Gasteiger partial charge on any atom is -0.277 e. The van der Waals surface area contributed by atoms with Gasteiger partial charge in [0.25, 0.3) is 0 Å². The number of carbonyl (C=O) groups excluding carboxylic acids is 3. The Morgan fingerprint density at radius 3 is 2.65 bits per heavy atom. The van der Waals surface area contributed by atoms with E-state index in [-0.39, 0.29) is 6.54 Å². The fourth-order valence-electron chi connectivity index (χ4n) is 1.91. The highest BCUT2D eigenvalue weighted by Crippen LogP contribution is 2.24. The highest BCUT2D eigenvalue weighted by Gasteiger charge is 2.46. The number of hydrogen-bond donors (Lipinski definition) is 1. The molecule has 0 radical (unpaired) electrons. The second-order valence-corrected chi connectivity index (χ2v) is 5.09. The van der Waals surface area contributed by atoms with Crippen molar-refractivity contribution in [2.45, 2.75) is 20.4 Å². The molecular formula is C14H13N3O3. The van der Waals surface area contributed by atoms with Crippen LogP contribution in [0.15, 0.2) is 24.3 Å². The van der Waals surface area contributed by atoms with Gasteiger partial charge >= 0.3 is 6.03 Å². The van der Waals surface area contributed by atoms with Crippen LogP contribution in [-0.2, 0) is 16.1 Å². The van der Waals surface area contributed by atoms with Gasteiger partial charge < -0.3 is 0 Å². The van der Waals surface area contributed by atoms with Crippen molar-refractivity contribution in [3.05, 3.63) is 35.4 Å². The fourth-order valence-corrected chi connectivity index (χ4v) is 1.91. The highest BCUT2D eigenvalue weighted by atomic mass is 16.2. The molecule has 0 aliphatic carbocycles. The Hall–Kier alpha value is -2.68. The summed E-state index contributed by atoms with van der Waals surface area (Å²) in [6, 6.07) is 7.88. The van der Waals surface area contributed by atoms with Gasteiger partial charge in [-0.25, -0.2) is 4.79 Å². The van der Waals surface area contributed by atoms with Crippen LogP contribution in [0.1, 0.15) is 25.0 Å². The standard InChI is InChI=1S/C14H13N3O3/c1-14(2)11(18)16-13(20)17(12(14)19)8-10-5-3-4-9(6-10)7-15/h3-6H,8H2,1-2H3,(H,16,18,20). The van der Waals surface area contributed by atoms with Gasteiger partial charge in [0.1, 0.15) is 5.41 Å². The van der Waals surface area contributed by atoms with Gasteiger partial charge in [-0.15, -0.1) is 0 Å². The van der Waals surface area contributed by atoms with Crippen LogP contribution in [0.5, 0.6) is 0 Å². The molecule has 1 aliphatic rings. The monoisotopic (exact) mass is 271 g/mol. The largest absolute Gasteiger partial charge is 0.331 e. The fraction of sp³-hybridized carbons (Fsp3) is 0.286. The third-order valence-electron chi connectivity index (χ3n) is 3.21. The maximum Gasteiger partial charge on any atom is 0.331 e. The Morgan fingerprint density at radius 1 is 1.30 bits per heavy atom. The van der Waals surface area contributed by atoms with E-state index in [1.807, 2.05) is 6.07 Å². The average Bonchev–Trinajstić information content (AvgIpc) is 2.42. The van der Waals surface area contributed by atoms with Crippen molar-refractivity contribution in [2.75, 3.05) is 0 Å². The number of urea groups is 1. The first-order valence-corrected chi connectivity index (χ1v) is 6.02. The quantitative estimate of drug-likeness (QED) is 0.817. The highest BCUT2D eigenvalue weighted by molar-refractivity contribution is 6.18. The maximum atomic E-state index is 12.2. The SMILES string of the molecule is CC1(C)C(=O)NC(=O)N(Cc2cccc(C#N)c2)C1=O. The number of nitriles is 1. The van der Waals surface area contributed by atoms with E-state index in [9.17, 15) is 14.4 Å². The number of nitrogens with one attached hydrogen (secondary N) is 1. The third kappa shape index (κ3) is 2.26. The summed E-state index contributed by atoms with van der Waals surface area (Å²) in [4.78, 5) is 36.6. The number of rotatable bonds is 2. The molecule has 0 aromatic heterocycles. The minimum absolute atomic E-state index is 0.0247. The predicted octanol–water partition coefficient (Wildman–Crippen LogP) is 1.16. The van der Waals surface area contributed by atoms with Gasteiger partial charge in [0.2, 0.25) is 11.8 Å². The number of amides is 4. The lowest BCUT2D eigenvalue weighted by molar-refractivity contribution is -0.149. The van der Waals surface area contributed by atoms with Crippen molar-refractivity contribution in [2.24, 2.45) is 5.41 Å². The Kier molecular flexibility index (Phi) is 3.28. The van der Waals surface area contributed by atoms with E-state index in [2.05, 4.69) is 5.32 Å². The van der Waals surface area contributed by atoms with Crippen LogP contribution in [-0.4, -0.2) is 22.7 Å². The molecule has 0 bridgehead atoms. The van der Waals surface area contributed by atoms with Crippen LogP contribution < -0.4 is 5.32 Å². The van der Waals surface area contributed by atoms with Crippen LogP contribution in [0.2, 0.25) is 0 Å². The lowest BCUT2D eigenvalue weighted by Crippen LogP contribution is -2.61. The summed E-state index contributed by atoms with van der Waals surface area (Å²) in [5.41, 5.74) is -0.179. The van der Waals surface area contributed by atoms with Gasteiger partial charge in [-0.1, -0.05) is 12.1 Å². The first kappa shape index (κ1) is 13.7. The van der Waals surface area contributed by atoms with Crippen LogP contribution in [0.25, 0.3) is 0 Å². The Bertz CT molecular complexity index is 643. The van der Waals surface area contributed by atoms with E-state index in [1.54, 1.807) is 24.3 Å². The van der Waals surface area contributed by atoms with Crippen molar-refractivity contribution in [3.63, 3.8) is 0 Å². The van der Waals surface area contributed by atoms with Crippen LogP contribution in [0.4, 0.5) is 4.79 Å². The van der Waals surface area contributed by atoms with E-state index >= 15 is 0 Å². The molecule has 0 atom stereocenters. The molecular weight excluding hydrogens is 258 g/mol. The summed E-state index contributed by atoms with van der Waals surface area (Å²) in [6.45, 7) is 2.96. The summed E-state index contributed by atoms with van der Waals surface area (Å²) in [5, 5.41) is 11.0. The summed E-state index contributed by atoms with van der Waals surface area (Å²) in [5.74, 6) is -1.15. The third-order valence-corrected chi connectivity index (χ3v) is 3.21. The summed E-state index contributed by atoms with van der Waals surface area (Å²) < 4.78 is 0. The molecule has 1 saturated heterocycles. The van der Waals surface area contributed by atoms with Gasteiger partial charge in [-0.3, -0.25) is 19.8 Å². The Morgan fingerprint density at radius 2 is 2.00 bits per heavy atom. The van der Waals surface area contributed by atoms with E-state index in [0.29, 0.717) is 11.1 Å². The van der Waals surface area contributed by atoms with Crippen LogP contribution in [0.3, 0.4) is 0 Å². The normalized spacial score (nSPS) is 17.6. The Balaban J connectivity index is 2.28. The van der Waals surface area contributed by atoms with E-state index in [1.165, 1.54) is 13.8 Å². The number of nitrogens with zero attached hydrogens (tertiary/aromatic N) is 2. The number of barbiturate groups is 1. The topological polar surface area (TPSA) is 90.3 Å². The lowest BCUT2D eigenvalue weighted by atomic mass is 9.88. The number of hydrogen-bond acceptors (Lipinski definition) is 4. The molecule has 0 saturated carbocycles. The molecule has 1 heterocycles. The van der Waals surface area contributed by atoms with E-state index in [4.69, 9.17) is 5.26 Å². The van der Waals surface area contributed by atoms with Crippen molar-refractivity contribution in [3.8, 4) is 6.07 Å². The van der Waals surface area contributed by atoms with Gasteiger partial charge in [-0.05, 0) is 31.5 Å². The maximum absolute atomic E-state index is 12.2. The van der Waals surface area contributed by atoms with Gasteiger partial charge in [0.05, 0.1) is 18.2 Å². The molecule has 1 fully saturated rings. The zero-order valence-corrected chi connectivity index (χ0v) is 11.1. The molecule has 1 aromatic rings. The molecule has 2 rings (SSSR count). The van der Waals surface area contributed by atoms with Crippen molar-refractivity contribution in [1.82, 2.24) is 10.2 Å². The molecule has 4 amide bonds. The molecule has 0 unspecified atom stereocenters. The second-order valence-electron chi connectivity index (χ2n) is 5.09. The zero-order chi connectivity index (χ0) is 14.9. The first-order valence-electron chi connectivity index (χ1n) is 6.02. The molecule has 1 aliphatic heterocycles.